The average Bonchev–Trinajstić information content (AvgIpc) is 3.49. The zero-order chi connectivity index (χ0) is 24.4. The van der Waals surface area contributed by atoms with Gasteiger partial charge >= 0.3 is 0 Å². The number of rotatable bonds is 5. The molecule has 1 aliphatic heterocycles. The molecule has 0 radical (unpaired) electrons. The zero-order valence-corrected chi connectivity index (χ0v) is 21.4. The van der Waals surface area contributed by atoms with Crippen LogP contribution in [0.25, 0.3) is 10.6 Å². The van der Waals surface area contributed by atoms with E-state index in [9.17, 15) is 9.59 Å². The third-order valence-corrected chi connectivity index (χ3v) is 8.35. The number of hydrogen-bond donors (Lipinski definition) is 1. The van der Waals surface area contributed by atoms with Crippen LogP contribution in [0.4, 0.5) is 0 Å². The minimum Gasteiger partial charge on any atom is -0.351 e. The van der Waals surface area contributed by atoms with Gasteiger partial charge in [-0.2, -0.15) is 5.10 Å². The highest BCUT2D eigenvalue weighted by atomic mass is 32.1. The van der Waals surface area contributed by atoms with E-state index in [0.29, 0.717) is 18.8 Å². The molecule has 0 unspecified atom stereocenters. The van der Waals surface area contributed by atoms with Crippen molar-refractivity contribution in [2.45, 2.75) is 83.5 Å². The number of amides is 2. The maximum absolute atomic E-state index is 13.9. The Morgan fingerprint density at radius 2 is 1.83 bits per heavy atom. The summed E-state index contributed by atoms with van der Waals surface area (Å²) in [7, 11) is 0. The Morgan fingerprint density at radius 1 is 1.11 bits per heavy atom. The fraction of sp³-hybridized carbons (Fsp3) is 0.464. The largest absolute Gasteiger partial charge is 0.351 e. The van der Waals surface area contributed by atoms with Crippen LogP contribution in [0.1, 0.15) is 73.5 Å². The van der Waals surface area contributed by atoms with Crippen LogP contribution in [0.3, 0.4) is 0 Å². The normalized spacial score (nSPS) is 21.3. The number of carbonyl (C=O) groups is 2. The second-order valence-corrected chi connectivity index (χ2v) is 11.2. The van der Waals surface area contributed by atoms with Gasteiger partial charge in [0.1, 0.15) is 16.9 Å². The molecular formula is C28H34N4O2S. The van der Waals surface area contributed by atoms with E-state index in [1.807, 2.05) is 49.6 Å². The Morgan fingerprint density at radius 3 is 2.51 bits per heavy atom. The standard InChI is InChI=1S/C28H34N4O2S/c1-20-12-14-21(15-13-20)18-31-26(33)24-17-23(25-11-8-16-35-25)30-32(24)19-28(31,2)27(34)29-22-9-6-4-3-5-7-10-22/h8,11-17,22H,3-7,9-10,18-19H2,1-2H3,(H,29,34)/t28-/m0/s1. The van der Waals surface area contributed by atoms with Gasteiger partial charge in [-0.05, 0) is 49.8 Å². The van der Waals surface area contributed by atoms with Crippen molar-refractivity contribution in [3.05, 3.63) is 64.7 Å². The van der Waals surface area contributed by atoms with Crippen LogP contribution in [0.5, 0.6) is 0 Å². The van der Waals surface area contributed by atoms with E-state index in [4.69, 9.17) is 5.10 Å². The van der Waals surface area contributed by atoms with Crippen LogP contribution in [0.15, 0.2) is 47.8 Å². The van der Waals surface area contributed by atoms with E-state index < -0.39 is 5.54 Å². The van der Waals surface area contributed by atoms with Gasteiger partial charge in [0.15, 0.2) is 0 Å². The molecule has 184 valence electrons. The van der Waals surface area contributed by atoms with Gasteiger partial charge in [0.25, 0.3) is 5.91 Å². The third-order valence-electron chi connectivity index (χ3n) is 7.46. The van der Waals surface area contributed by atoms with Crippen LogP contribution >= 0.6 is 11.3 Å². The van der Waals surface area contributed by atoms with Crippen molar-refractivity contribution in [2.75, 3.05) is 0 Å². The van der Waals surface area contributed by atoms with Crippen molar-refractivity contribution < 1.29 is 9.59 Å². The highest BCUT2D eigenvalue weighted by Crippen LogP contribution is 2.33. The zero-order valence-electron chi connectivity index (χ0n) is 20.6. The summed E-state index contributed by atoms with van der Waals surface area (Å²) in [5.41, 5.74) is 2.47. The van der Waals surface area contributed by atoms with Crippen LogP contribution in [-0.2, 0) is 17.9 Å². The predicted molar refractivity (Wildman–Crippen MR) is 139 cm³/mol. The van der Waals surface area contributed by atoms with Gasteiger partial charge in [0, 0.05) is 12.6 Å². The molecule has 7 heteroatoms. The number of aromatic nitrogens is 2. The quantitative estimate of drug-likeness (QED) is 0.509. The summed E-state index contributed by atoms with van der Waals surface area (Å²) >= 11 is 1.60. The van der Waals surface area contributed by atoms with E-state index in [1.54, 1.807) is 20.9 Å². The third kappa shape index (κ3) is 4.92. The summed E-state index contributed by atoms with van der Waals surface area (Å²) < 4.78 is 1.74. The molecule has 3 heterocycles. The molecule has 1 N–H and O–H groups in total. The van der Waals surface area contributed by atoms with E-state index in [1.165, 1.54) is 24.8 Å². The maximum Gasteiger partial charge on any atom is 0.273 e. The second-order valence-electron chi connectivity index (χ2n) is 10.2. The Bertz CT molecular complexity index is 1180. The number of fused-ring (bicyclic) bond motifs is 1. The number of hydrogen-bond acceptors (Lipinski definition) is 4. The molecule has 1 atom stereocenters. The van der Waals surface area contributed by atoms with Gasteiger partial charge in [-0.25, -0.2) is 0 Å². The minimum atomic E-state index is -1.03. The Balaban J connectivity index is 1.47. The summed E-state index contributed by atoms with van der Waals surface area (Å²) in [5, 5.41) is 10.1. The first-order chi connectivity index (χ1) is 16.9. The fourth-order valence-electron chi connectivity index (χ4n) is 5.25. The smallest absolute Gasteiger partial charge is 0.273 e. The van der Waals surface area contributed by atoms with Crippen molar-refractivity contribution in [1.82, 2.24) is 20.0 Å². The number of thiophene rings is 1. The van der Waals surface area contributed by atoms with E-state index in [2.05, 4.69) is 17.4 Å². The van der Waals surface area contributed by atoms with Crippen LogP contribution in [0, 0.1) is 6.92 Å². The Labute approximate surface area is 211 Å². The molecule has 0 spiro atoms. The highest BCUT2D eigenvalue weighted by molar-refractivity contribution is 7.13. The summed E-state index contributed by atoms with van der Waals surface area (Å²) in [6.45, 7) is 4.66. The molecule has 2 aromatic heterocycles. The lowest BCUT2D eigenvalue weighted by molar-refractivity contribution is -0.134. The molecule has 35 heavy (non-hydrogen) atoms. The van der Waals surface area contributed by atoms with Crippen molar-refractivity contribution in [3.8, 4) is 10.6 Å². The average molecular weight is 491 g/mol. The molecule has 1 saturated carbocycles. The maximum atomic E-state index is 13.9. The molecule has 2 amide bonds. The summed E-state index contributed by atoms with van der Waals surface area (Å²) in [4.78, 5) is 30.5. The first-order valence-corrected chi connectivity index (χ1v) is 13.6. The van der Waals surface area contributed by atoms with Gasteiger partial charge < -0.3 is 10.2 Å². The van der Waals surface area contributed by atoms with Crippen LogP contribution in [-0.4, -0.2) is 38.1 Å². The number of nitrogens with zero attached hydrogens (tertiary/aromatic N) is 3. The minimum absolute atomic E-state index is 0.0811. The topological polar surface area (TPSA) is 67.2 Å². The first-order valence-electron chi connectivity index (χ1n) is 12.7. The second kappa shape index (κ2) is 9.97. The molecule has 1 aliphatic carbocycles. The Kier molecular flexibility index (Phi) is 6.78. The lowest BCUT2D eigenvalue weighted by atomic mass is 9.91. The van der Waals surface area contributed by atoms with Crippen molar-refractivity contribution >= 4 is 23.2 Å². The summed E-state index contributed by atoms with van der Waals surface area (Å²) in [6, 6.07) is 14.2. The number of aryl methyl sites for hydroxylation is 1. The number of benzene rings is 1. The van der Waals surface area contributed by atoms with E-state index >= 15 is 0 Å². The molecule has 1 aromatic carbocycles. The van der Waals surface area contributed by atoms with Crippen molar-refractivity contribution in [2.24, 2.45) is 0 Å². The van der Waals surface area contributed by atoms with E-state index in [-0.39, 0.29) is 17.9 Å². The van der Waals surface area contributed by atoms with Gasteiger partial charge in [0.2, 0.25) is 5.91 Å². The first kappa shape index (κ1) is 23.8. The molecule has 0 saturated heterocycles. The van der Waals surface area contributed by atoms with Crippen molar-refractivity contribution in [3.63, 3.8) is 0 Å². The molecule has 0 bridgehead atoms. The molecule has 5 rings (SSSR count). The monoisotopic (exact) mass is 490 g/mol. The Hall–Kier alpha value is -2.93. The number of nitrogens with one attached hydrogen (secondary N) is 1. The highest BCUT2D eigenvalue weighted by Gasteiger charge is 2.48. The fourth-order valence-corrected chi connectivity index (χ4v) is 5.93. The van der Waals surface area contributed by atoms with Gasteiger partial charge in [-0.3, -0.25) is 14.3 Å². The summed E-state index contributed by atoms with van der Waals surface area (Å²) in [5.74, 6) is -0.232. The number of carbonyl (C=O) groups excluding carboxylic acids is 2. The van der Waals surface area contributed by atoms with Crippen LogP contribution in [0.2, 0.25) is 0 Å². The summed E-state index contributed by atoms with van der Waals surface area (Å²) in [6.07, 6.45) is 8.02. The van der Waals surface area contributed by atoms with Gasteiger partial charge in [-0.1, -0.05) is 68.0 Å². The lowest BCUT2D eigenvalue weighted by Gasteiger charge is -2.44. The molecule has 6 nitrogen and oxygen atoms in total. The molecule has 3 aromatic rings. The molecule has 2 aliphatic rings. The molecular weight excluding hydrogens is 456 g/mol. The molecule has 1 fully saturated rings. The van der Waals surface area contributed by atoms with Gasteiger partial charge in [0.05, 0.1) is 11.4 Å². The van der Waals surface area contributed by atoms with Crippen LogP contribution < -0.4 is 5.32 Å². The van der Waals surface area contributed by atoms with E-state index in [0.717, 1.165) is 41.8 Å². The predicted octanol–water partition coefficient (Wildman–Crippen LogP) is 5.56. The lowest BCUT2D eigenvalue weighted by Crippen LogP contribution is -2.64. The SMILES string of the molecule is Cc1ccc(CN2C(=O)c3cc(-c4cccs4)nn3C[C@@]2(C)C(=O)NC2CCCCCCC2)cc1. The van der Waals surface area contributed by atoms with Crippen molar-refractivity contribution in [1.29, 1.82) is 0 Å². The van der Waals surface area contributed by atoms with Gasteiger partial charge in [-0.15, -0.1) is 11.3 Å².